The van der Waals surface area contributed by atoms with E-state index >= 15 is 0 Å². The molecule has 0 amide bonds. The van der Waals surface area contributed by atoms with Gasteiger partial charge in [-0.15, -0.1) is 0 Å². The molecule has 0 spiro atoms. The fourth-order valence-corrected chi connectivity index (χ4v) is 3.30. The third-order valence-corrected chi connectivity index (χ3v) is 4.89. The number of carbonyl (C=O) groups excluding carboxylic acids is 1. The van der Waals surface area contributed by atoms with Gasteiger partial charge in [0.05, 0.1) is 0 Å². The summed E-state index contributed by atoms with van der Waals surface area (Å²) in [5.74, 6) is 0.226. The molecule has 1 aromatic carbocycles. The quantitative estimate of drug-likeness (QED) is 0.772. The van der Waals surface area contributed by atoms with Gasteiger partial charge in [0, 0.05) is 18.0 Å². The summed E-state index contributed by atoms with van der Waals surface area (Å²) in [6.07, 6.45) is 6.81. The monoisotopic (exact) mass is 324 g/mol. The van der Waals surface area contributed by atoms with Crippen LogP contribution in [0.3, 0.4) is 0 Å². The summed E-state index contributed by atoms with van der Waals surface area (Å²) in [7, 11) is 1.68. The average molecular weight is 325 g/mol. The third kappa shape index (κ3) is 3.46. The van der Waals surface area contributed by atoms with Crippen molar-refractivity contribution < 1.29 is 9.53 Å². The first-order valence-electron chi connectivity index (χ1n) is 7.00. The Morgan fingerprint density at radius 3 is 2.42 bits per heavy atom. The molecule has 0 atom stereocenters. The highest BCUT2D eigenvalue weighted by Crippen LogP contribution is 2.32. The van der Waals surface area contributed by atoms with Crippen LogP contribution in [0.2, 0.25) is 0 Å². The molecule has 0 radical (unpaired) electrons. The Morgan fingerprint density at radius 1 is 1.21 bits per heavy atom. The largest absolute Gasteiger partial charge is 0.370 e. The minimum Gasteiger partial charge on any atom is -0.370 e. The van der Waals surface area contributed by atoms with Crippen molar-refractivity contribution in [1.82, 2.24) is 0 Å². The second kappa shape index (κ2) is 6.67. The van der Waals surface area contributed by atoms with Gasteiger partial charge in [-0.2, -0.15) is 0 Å². The molecule has 0 N–H and O–H groups in total. The number of hydrogen-bond donors (Lipinski definition) is 0. The van der Waals surface area contributed by atoms with Crippen molar-refractivity contribution in [3.8, 4) is 0 Å². The van der Waals surface area contributed by atoms with Crippen LogP contribution in [-0.4, -0.2) is 18.5 Å². The van der Waals surface area contributed by atoms with Crippen LogP contribution in [0, 0.1) is 0 Å². The first-order chi connectivity index (χ1) is 9.18. The van der Waals surface area contributed by atoms with E-state index in [-0.39, 0.29) is 5.78 Å². The van der Waals surface area contributed by atoms with E-state index in [2.05, 4.69) is 15.9 Å². The first-order valence-corrected chi connectivity index (χ1v) is 7.79. The van der Waals surface area contributed by atoms with E-state index < -0.39 is 5.60 Å². The van der Waals surface area contributed by atoms with Crippen LogP contribution in [0.25, 0.3) is 0 Å². The van der Waals surface area contributed by atoms with Crippen LogP contribution >= 0.6 is 15.9 Å². The SMILES string of the molecule is COC1(C(=O)Cc2ccccc2Br)CCCCCC1. The Morgan fingerprint density at radius 2 is 1.84 bits per heavy atom. The second-order valence-corrected chi connectivity index (χ2v) is 6.16. The van der Waals surface area contributed by atoms with Gasteiger partial charge < -0.3 is 4.74 Å². The Labute approximate surface area is 123 Å². The molecular formula is C16H21BrO2. The first kappa shape index (κ1) is 14.7. The van der Waals surface area contributed by atoms with E-state index in [4.69, 9.17) is 4.74 Å². The zero-order valence-corrected chi connectivity index (χ0v) is 13.0. The third-order valence-electron chi connectivity index (χ3n) is 4.12. The summed E-state index contributed by atoms with van der Waals surface area (Å²) in [6.45, 7) is 0. The maximum atomic E-state index is 12.7. The summed E-state index contributed by atoms with van der Waals surface area (Å²) < 4.78 is 6.67. The molecule has 104 valence electrons. The normalized spacial score (nSPS) is 18.8. The molecule has 1 aromatic rings. The van der Waals surface area contributed by atoms with Gasteiger partial charge in [0.1, 0.15) is 5.60 Å². The van der Waals surface area contributed by atoms with Crippen LogP contribution in [-0.2, 0) is 16.0 Å². The molecule has 0 bridgehead atoms. The Balaban J connectivity index is 2.14. The van der Waals surface area contributed by atoms with E-state index in [0.29, 0.717) is 6.42 Å². The molecule has 0 aromatic heterocycles. The molecule has 0 aliphatic heterocycles. The summed E-state index contributed by atoms with van der Waals surface area (Å²) in [4.78, 5) is 12.7. The van der Waals surface area contributed by atoms with Gasteiger partial charge in [-0.1, -0.05) is 59.8 Å². The zero-order chi connectivity index (χ0) is 13.7. The fraction of sp³-hybridized carbons (Fsp3) is 0.562. The van der Waals surface area contributed by atoms with Crippen molar-refractivity contribution in [2.75, 3.05) is 7.11 Å². The molecular weight excluding hydrogens is 304 g/mol. The predicted molar refractivity (Wildman–Crippen MR) is 80.3 cm³/mol. The van der Waals surface area contributed by atoms with E-state index in [1.54, 1.807) is 7.11 Å². The number of rotatable bonds is 4. The zero-order valence-electron chi connectivity index (χ0n) is 11.5. The number of halogens is 1. The van der Waals surface area contributed by atoms with Crippen LogP contribution < -0.4 is 0 Å². The van der Waals surface area contributed by atoms with Gasteiger partial charge in [0.2, 0.25) is 0 Å². The van der Waals surface area contributed by atoms with Gasteiger partial charge in [-0.05, 0) is 24.5 Å². The van der Waals surface area contributed by atoms with Crippen LogP contribution in [0.15, 0.2) is 28.7 Å². The van der Waals surface area contributed by atoms with Crippen molar-refractivity contribution in [2.24, 2.45) is 0 Å². The van der Waals surface area contributed by atoms with Crippen molar-refractivity contribution >= 4 is 21.7 Å². The highest BCUT2D eigenvalue weighted by Gasteiger charge is 2.38. The molecule has 2 rings (SSSR count). The van der Waals surface area contributed by atoms with Crippen molar-refractivity contribution in [1.29, 1.82) is 0 Å². The number of ketones is 1. The van der Waals surface area contributed by atoms with Gasteiger partial charge in [-0.3, -0.25) is 4.79 Å². The minimum atomic E-state index is -0.550. The fourth-order valence-electron chi connectivity index (χ4n) is 2.87. The van der Waals surface area contributed by atoms with Crippen LogP contribution in [0.4, 0.5) is 0 Å². The summed E-state index contributed by atoms with van der Waals surface area (Å²) in [5, 5.41) is 0. The number of methoxy groups -OCH3 is 1. The Hall–Kier alpha value is -0.670. The molecule has 1 aliphatic rings. The maximum absolute atomic E-state index is 12.7. The number of carbonyl (C=O) groups is 1. The lowest BCUT2D eigenvalue weighted by Gasteiger charge is -2.30. The van der Waals surface area contributed by atoms with Crippen LogP contribution in [0.1, 0.15) is 44.1 Å². The lowest BCUT2D eigenvalue weighted by molar-refractivity contribution is -0.142. The molecule has 2 nitrogen and oxygen atoms in total. The highest BCUT2D eigenvalue weighted by atomic mass is 79.9. The molecule has 0 saturated heterocycles. The number of Topliss-reactive ketones (excluding diaryl/α,β-unsaturated/α-hetero) is 1. The average Bonchev–Trinajstić information content (AvgIpc) is 2.67. The number of benzene rings is 1. The van der Waals surface area contributed by atoms with E-state index in [1.807, 2.05) is 24.3 Å². The molecule has 0 heterocycles. The molecule has 19 heavy (non-hydrogen) atoms. The lowest BCUT2D eigenvalue weighted by Crippen LogP contribution is -2.41. The topological polar surface area (TPSA) is 26.3 Å². The van der Waals surface area contributed by atoms with E-state index in [0.717, 1.165) is 35.7 Å². The summed E-state index contributed by atoms with van der Waals surface area (Å²) in [6, 6.07) is 7.92. The second-order valence-electron chi connectivity index (χ2n) is 5.30. The van der Waals surface area contributed by atoms with Gasteiger partial charge >= 0.3 is 0 Å². The molecule has 0 unspecified atom stereocenters. The van der Waals surface area contributed by atoms with Gasteiger partial charge in [-0.25, -0.2) is 0 Å². The van der Waals surface area contributed by atoms with E-state index in [1.165, 1.54) is 12.8 Å². The number of hydrogen-bond acceptors (Lipinski definition) is 2. The standard InChI is InChI=1S/C16H21BrO2/c1-19-16(10-6-2-3-7-11-16)15(18)12-13-8-4-5-9-14(13)17/h4-5,8-9H,2-3,6-7,10-12H2,1H3. The van der Waals surface area contributed by atoms with Crippen molar-refractivity contribution in [3.63, 3.8) is 0 Å². The van der Waals surface area contributed by atoms with E-state index in [9.17, 15) is 4.79 Å². The predicted octanol–water partition coefficient (Wildman–Crippen LogP) is 4.30. The summed E-state index contributed by atoms with van der Waals surface area (Å²) >= 11 is 3.51. The number of ether oxygens (including phenoxy) is 1. The Kier molecular flexibility index (Phi) is 5.17. The minimum absolute atomic E-state index is 0.226. The highest BCUT2D eigenvalue weighted by molar-refractivity contribution is 9.10. The molecule has 3 heteroatoms. The van der Waals surface area contributed by atoms with Crippen molar-refractivity contribution in [2.45, 2.75) is 50.5 Å². The van der Waals surface area contributed by atoms with Gasteiger partial charge in [0.15, 0.2) is 5.78 Å². The molecule has 1 fully saturated rings. The Bertz CT molecular complexity index is 434. The molecule has 1 aliphatic carbocycles. The van der Waals surface area contributed by atoms with Crippen LogP contribution in [0.5, 0.6) is 0 Å². The van der Waals surface area contributed by atoms with Crippen molar-refractivity contribution in [3.05, 3.63) is 34.3 Å². The lowest BCUT2D eigenvalue weighted by atomic mass is 9.86. The summed E-state index contributed by atoms with van der Waals surface area (Å²) in [5.41, 5.74) is 0.499. The smallest absolute Gasteiger partial charge is 0.168 e. The van der Waals surface area contributed by atoms with Gasteiger partial charge in [0.25, 0.3) is 0 Å². The maximum Gasteiger partial charge on any atom is 0.168 e. The molecule has 1 saturated carbocycles.